The van der Waals surface area contributed by atoms with E-state index in [9.17, 15) is 9.90 Å². The Morgan fingerprint density at radius 1 is 1.10 bits per heavy atom. The molecule has 5 nitrogen and oxygen atoms in total. The van der Waals surface area contributed by atoms with E-state index in [4.69, 9.17) is 11.6 Å². The van der Waals surface area contributed by atoms with Gasteiger partial charge in [-0.1, -0.05) is 48.9 Å². The van der Waals surface area contributed by atoms with Crippen LogP contribution in [-0.4, -0.2) is 26.2 Å². The third-order valence-electron chi connectivity index (χ3n) is 5.39. The van der Waals surface area contributed by atoms with Gasteiger partial charge >= 0.3 is 0 Å². The fraction of sp³-hybridized carbons (Fsp3) is 0.261. The molecular weight excluding hydrogens is 386 g/mol. The minimum absolute atomic E-state index is 0.0372. The monoisotopic (exact) mass is 407 g/mol. The summed E-state index contributed by atoms with van der Waals surface area (Å²) in [5.74, 6) is 0. The lowest BCUT2D eigenvalue weighted by molar-refractivity contribution is 0.252. The molecule has 2 aromatic carbocycles. The number of nitrogens with zero attached hydrogens (tertiary/aromatic N) is 3. The van der Waals surface area contributed by atoms with E-state index >= 15 is 0 Å². The predicted octanol–water partition coefficient (Wildman–Crippen LogP) is 4.52. The normalized spacial score (nSPS) is 12.5. The van der Waals surface area contributed by atoms with Gasteiger partial charge in [-0.2, -0.15) is 0 Å². The van der Waals surface area contributed by atoms with Crippen molar-refractivity contribution in [2.75, 3.05) is 6.61 Å². The number of aliphatic hydroxyl groups is 1. The summed E-state index contributed by atoms with van der Waals surface area (Å²) in [5.41, 5.74) is 2.70. The fourth-order valence-corrected chi connectivity index (χ4v) is 3.99. The van der Waals surface area contributed by atoms with Gasteiger partial charge in [-0.05, 0) is 47.9 Å². The molecule has 0 fully saturated rings. The van der Waals surface area contributed by atoms with Crippen molar-refractivity contribution < 1.29 is 5.11 Å². The van der Waals surface area contributed by atoms with Crippen LogP contribution in [0.3, 0.4) is 0 Å². The third kappa shape index (κ3) is 3.76. The van der Waals surface area contributed by atoms with Crippen LogP contribution in [0.1, 0.15) is 36.9 Å². The van der Waals surface area contributed by atoms with Crippen LogP contribution in [0.15, 0.2) is 59.8 Å². The molecule has 0 aliphatic carbocycles. The molecule has 0 aliphatic rings. The van der Waals surface area contributed by atoms with Crippen molar-refractivity contribution in [2.24, 2.45) is 0 Å². The Morgan fingerprint density at radius 3 is 2.59 bits per heavy atom. The minimum atomic E-state index is -0.0727. The first-order chi connectivity index (χ1) is 14.1. The first-order valence-electron chi connectivity index (χ1n) is 9.75. The van der Waals surface area contributed by atoms with E-state index in [-0.39, 0.29) is 18.2 Å². The van der Waals surface area contributed by atoms with Gasteiger partial charge in [0.2, 0.25) is 0 Å². The van der Waals surface area contributed by atoms with E-state index in [0.29, 0.717) is 28.9 Å². The van der Waals surface area contributed by atoms with E-state index in [0.717, 1.165) is 28.3 Å². The molecule has 6 heteroatoms. The molecule has 2 aromatic heterocycles. The topological polar surface area (TPSA) is 68.0 Å². The molecule has 1 atom stereocenters. The molecule has 4 rings (SSSR count). The number of aromatic nitrogens is 3. The predicted molar refractivity (Wildman–Crippen MR) is 117 cm³/mol. The van der Waals surface area contributed by atoms with Crippen LogP contribution in [0.25, 0.3) is 21.7 Å². The van der Waals surface area contributed by atoms with Gasteiger partial charge < -0.3 is 5.11 Å². The molecular formula is C23H22ClN3O2. The molecule has 0 saturated carbocycles. The number of hydrogen-bond donors (Lipinski definition) is 1. The van der Waals surface area contributed by atoms with E-state index < -0.39 is 0 Å². The van der Waals surface area contributed by atoms with Crippen LogP contribution in [0.5, 0.6) is 0 Å². The number of aliphatic hydroxyl groups excluding tert-OH is 1. The van der Waals surface area contributed by atoms with E-state index in [2.05, 4.69) is 16.0 Å². The highest BCUT2D eigenvalue weighted by Gasteiger charge is 2.16. The first-order valence-corrected chi connectivity index (χ1v) is 10.1. The summed E-state index contributed by atoms with van der Waals surface area (Å²) in [6, 6.07) is 13.6. The smallest absolute Gasteiger partial charge is 0.261 e. The van der Waals surface area contributed by atoms with Crippen molar-refractivity contribution in [1.29, 1.82) is 0 Å². The highest BCUT2D eigenvalue weighted by molar-refractivity contribution is 6.29. The number of benzene rings is 2. The molecule has 0 bridgehead atoms. The molecule has 0 radical (unpaired) electrons. The molecule has 148 valence electrons. The number of halogens is 1. The summed E-state index contributed by atoms with van der Waals surface area (Å²) >= 11 is 5.91. The van der Waals surface area contributed by atoms with E-state index in [1.165, 1.54) is 0 Å². The maximum Gasteiger partial charge on any atom is 0.261 e. The Hall–Kier alpha value is -2.76. The van der Waals surface area contributed by atoms with Crippen LogP contribution in [0.2, 0.25) is 5.15 Å². The highest BCUT2D eigenvalue weighted by atomic mass is 35.5. The van der Waals surface area contributed by atoms with Gasteiger partial charge in [0.15, 0.2) is 0 Å². The van der Waals surface area contributed by atoms with Crippen molar-refractivity contribution >= 4 is 33.3 Å². The molecule has 29 heavy (non-hydrogen) atoms. The molecule has 4 aromatic rings. The van der Waals surface area contributed by atoms with Crippen molar-refractivity contribution in [3.63, 3.8) is 0 Å². The lowest BCUT2D eigenvalue weighted by atomic mass is 9.96. The van der Waals surface area contributed by atoms with Gasteiger partial charge in [0.1, 0.15) is 5.15 Å². The Bertz CT molecular complexity index is 1220. The van der Waals surface area contributed by atoms with Crippen molar-refractivity contribution in [2.45, 2.75) is 32.2 Å². The van der Waals surface area contributed by atoms with Crippen LogP contribution < -0.4 is 5.56 Å². The van der Waals surface area contributed by atoms with Gasteiger partial charge in [0, 0.05) is 24.2 Å². The molecule has 0 amide bonds. The summed E-state index contributed by atoms with van der Waals surface area (Å²) < 4.78 is 1.65. The van der Waals surface area contributed by atoms with Crippen molar-refractivity contribution in [1.82, 2.24) is 14.5 Å². The quantitative estimate of drug-likeness (QED) is 0.377. The average molecular weight is 408 g/mol. The van der Waals surface area contributed by atoms with Crippen LogP contribution in [0, 0.1) is 0 Å². The molecule has 1 unspecified atom stereocenters. The standard InChI is InChI=1S/C23H22ClN3O2/c1-2-17(9-10-28)27-14-26-22-19-6-4-3-5-18(19)16(12-20(22)23(27)29)11-15-7-8-21(24)25-13-15/h3-8,12-14,17,28H,2,9-11H2,1H3. The average Bonchev–Trinajstić information content (AvgIpc) is 2.75. The second-order valence-corrected chi connectivity index (χ2v) is 7.56. The van der Waals surface area contributed by atoms with E-state index in [1.807, 2.05) is 37.3 Å². The molecule has 0 aliphatic heterocycles. The fourth-order valence-electron chi connectivity index (χ4n) is 3.87. The van der Waals surface area contributed by atoms with Crippen LogP contribution in [0.4, 0.5) is 0 Å². The minimum Gasteiger partial charge on any atom is -0.396 e. The lowest BCUT2D eigenvalue weighted by Gasteiger charge is -2.18. The first kappa shape index (κ1) is 19.6. The maximum absolute atomic E-state index is 13.3. The zero-order valence-corrected chi connectivity index (χ0v) is 16.9. The zero-order chi connectivity index (χ0) is 20.4. The Labute approximate surface area is 173 Å². The third-order valence-corrected chi connectivity index (χ3v) is 5.61. The summed E-state index contributed by atoms with van der Waals surface area (Å²) in [5, 5.41) is 12.4. The zero-order valence-electron chi connectivity index (χ0n) is 16.2. The maximum atomic E-state index is 13.3. The molecule has 0 saturated heterocycles. The molecule has 2 heterocycles. The number of rotatable bonds is 6. The van der Waals surface area contributed by atoms with Gasteiger partial charge in [0.25, 0.3) is 5.56 Å². The van der Waals surface area contributed by atoms with Crippen LogP contribution >= 0.6 is 11.6 Å². The van der Waals surface area contributed by atoms with Crippen LogP contribution in [-0.2, 0) is 6.42 Å². The Kier molecular flexibility index (Phi) is 5.60. The molecule has 1 N–H and O–H groups in total. The number of fused-ring (bicyclic) bond motifs is 3. The lowest BCUT2D eigenvalue weighted by Crippen LogP contribution is -2.25. The second-order valence-electron chi connectivity index (χ2n) is 7.17. The Balaban J connectivity index is 1.93. The van der Waals surface area contributed by atoms with Gasteiger partial charge in [-0.3, -0.25) is 9.36 Å². The Morgan fingerprint density at radius 2 is 1.90 bits per heavy atom. The van der Waals surface area contributed by atoms with Gasteiger partial charge in [0.05, 0.1) is 17.2 Å². The summed E-state index contributed by atoms with van der Waals surface area (Å²) in [6.07, 6.45) is 5.30. The van der Waals surface area contributed by atoms with Gasteiger partial charge in [-0.15, -0.1) is 0 Å². The second kappa shape index (κ2) is 8.31. The summed E-state index contributed by atoms with van der Waals surface area (Å²) in [6.45, 7) is 2.05. The number of hydrogen-bond acceptors (Lipinski definition) is 4. The largest absolute Gasteiger partial charge is 0.396 e. The van der Waals surface area contributed by atoms with Gasteiger partial charge in [-0.25, -0.2) is 9.97 Å². The molecule has 0 spiro atoms. The van der Waals surface area contributed by atoms with E-state index in [1.54, 1.807) is 23.2 Å². The SMILES string of the molecule is CCC(CCO)n1cnc2c(cc(Cc3ccc(Cl)nc3)c3ccccc32)c1=O. The summed E-state index contributed by atoms with van der Waals surface area (Å²) in [4.78, 5) is 22.1. The highest BCUT2D eigenvalue weighted by Crippen LogP contribution is 2.28. The summed E-state index contributed by atoms with van der Waals surface area (Å²) in [7, 11) is 0. The van der Waals surface area contributed by atoms with Crippen molar-refractivity contribution in [3.05, 3.63) is 81.6 Å². The van der Waals surface area contributed by atoms with Crippen molar-refractivity contribution in [3.8, 4) is 0 Å². The number of pyridine rings is 1.